The Labute approximate surface area is 122 Å². The second kappa shape index (κ2) is 7.21. The maximum atomic E-state index is 12.1. The maximum absolute atomic E-state index is 12.1. The zero-order valence-electron chi connectivity index (χ0n) is 11.5. The van der Waals surface area contributed by atoms with Crippen molar-refractivity contribution in [1.82, 2.24) is 10.3 Å². The zero-order valence-corrected chi connectivity index (χ0v) is 12.3. The summed E-state index contributed by atoms with van der Waals surface area (Å²) in [4.78, 5) is 17.7. The molecule has 0 bridgehead atoms. The average Bonchev–Trinajstić information content (AvgIpc) is 2.80. The number of thiophene rings is 1. The van der Waals surface area contributed by atoms with Gasteiger partial charge < -0.3 is 15.8 Å². The number of methoxy groups -OCH3 is 1. The molecule has 0 fully saturated rings. The molecule has 2 rings (SSSR count). The van der Waals surface area contributed by atoms with Crippen LogP contribution in [0.5, 0.6) is 0 Å². The molecule has 2 aromatic rings. The number of hydrogen-bond donors (Lipinski definition) is 2. The van der Waals surface area contributed by atoms with E-state index in [1.165, 1.54) is 11.3 Å². The number of pyridine rings is 1. The number of carbonyl (C=O) groups excluding carboxylic acids is 1. The van der Waals surface area contributed by atoms with Gasteiger partial charge in [-0.15, -0.1) is 11.3 Å². The van der Waals surface area contributed by atoms with Crippen molar-refractivity contribution in [3.05, 3.63) is 23.2 Å². The number of ether oxygens (including phenoxy) is 1. The Bertz CT molecular complexity index is 583. The lowest BCUT2D eigenvalue weighted by Gasteiger charge is -2.04. The maximum Gasteiger partial charge on any atom is 0.263 e. The van der Waals surface area contributed by atoms with E-state index >= 15 is 0 Å². The number of nitrogens with two attached hydrogens (primary N) is 1. The Morgan fingerprint density at radius 1 is 1.45 bits per heavy atom. The number of nitrogens with one attached hydrogen (secondary N) is 1. The highest BCUT2D eigenvalue weighted by Gasteiger charge is 2.16. The molecule has 2 heterocycles. The first-order valence-corrected chi connectivity index (χ1v) is 7.46. The number of nitrogen functional groups attached to an aromatic ring is 1. The lowest BCUT2D eigenvalue weighted by Crippen LogP contribution is -2.24. The van der Waals surface area contributed by atoms with Gasteiger partial charge in [-0.2, -0.15) is 0 Å². The minimum Gasteiger partial charge on any atom is -0.397 e. The zero-order chi connectivity index (χ0) is 14.4. The average molecular weight is 293 g/mol. The van der Waals surface area contributed by atoms with Crippen LogP contribution in [0.1, 0.15) is 28.9 Å². The quantitative estimate of drug-likeness (QED) is 0.769. The van der Waals surface area contributed by atoms with Crippen LogP contribution < -0.4 is 11.1 Å². The summed E-state index contributed by atoms with van der Waals surface area (Å²) < 4.78 is 4.98. The lowest BCUT2D eigenvalue weighted by molar-refractivity contribution is 0.0957. The van der Waals surface area contributed by atoms with Gasteiger partial charge in [0.15, 0.2) is 0 Å². The second-order valence-corrected chi connectivity index (χ2v) is 5.51. The van der Waals surface area contributed by atoms with E-state index in [0.29, 0.717) is 17.1 Å². The molecular formula is C14H19N3O2S. The van der Waals surface area contributed by atoms with Crippen LogP contribution in [0, 0.1) is 0 Å². The van der Waals surface area contributed by atoms with Crippen molar-refractivity contribution in [3.8, 4) is 0 Å². The molecule has 0 saturated carbocycles. The van der Waals surface area contributed by atoms with Crippen LogP contribution >= 0.6 is 11.3 Å². The van der Waals surface area contributed by atoms with Crippen molar-refractivity contribution < 1.29 is 9.53 Å². The van der Waals surface area contributed by atoms with E-state index in [9.17, 15) is 4.79 Å². The predicted molar refractivity (Wildman–Crippen MR) is 82.1 cm³/mol. The summed E-state index contributed by atoms with van der Waals surface area (Å²) in [5, 5.41) is 3.75. The third-order valence-corrected chi connectivity index (χ3v) is 4.15. The summed E-state index contributed by atoms with van der Waals surface area (Å²) in [7, 11) is 1.69. The van der Waals surface area contributed by atoms with Crippen molar-refractivity contribution in [1.29, 1.82) is 0 Å². The number of amides is 1. The van der Waals surface area contributed by atoms with Crippen LogP contribution in [0.4, 0.5) is 5.69 Å². The Balaban J connectivity index is 1.89. The van der Waals surface area contributed by atoms with Crippen LogP contribution in [0.15, 0.2) is 18.3 Å². The van der Waals surface area contributed by atoms with E-state index in [1.54, 1.807) is 13.3 Å². The first-order chi connectivity index (χ1) is 9.74. The molecule has 3 N–H and O–H groups in total. The number of anilines is 1. The summed E-state index contributed by atoms with van der Waals surface area (Å²) in [6, 6.07) is 3.71. The fraction of sp³-hybridized carbons (Fsp3) is 0.429. The summed E-state index contributed by atoms with van der Waals surface area (Å²) in [6.45, 7) is 1.42. The first-order valence-electron chi connectivity index (χ1n) is 6.64. The molecular weight excluding hydrogens is 274 g/mol. The topological polar surface area (TPSA) is 77.2 Å². The number of carbonyl (C=O) groups is 1. The predicted octanol–water partition coefficient (Wildman–Crippen LogP) is 2.42. The van der Waals surface area contributed by atoms with Crippen molar-refractivity contribution in [2.75, 3.05) is 26.0 Å². The molecule has 0 atom stereocenters. The van der Waals surface area contributed by atoms with Gasteiger partial charge in [0.25, 0.3) is 5.91 Å². The van der Waals surface area contributed by atoms with Gasteiger partial charge in [-0.05, 0) is 31.4 Å². The van der Waals surface area contributed by atoms with E-state index in [2.05, 4.69) is 10.3 Å². The van der Waals surface area contributed by atoms with Crippen molar-refractivity contribution in [2.45, 2.75) is 19.3 Å². The minimum absolute atomic E-state index is 0.114. The van der Waals surface area contributed by atoms with Gasteiger partial charge in [-0.25, -0.2) is 4.98 Å². The molecule has 1 amide bonds. The molecule has 0 saturated heterocycles. The fourth-order valence-corrected chi connectivity index (χ4v) is 2.93. The molecule has 0 spiro atoms. The molecule has 0 radical (unpaired) electrons. The summed E-state index contributed by atoms with van der Waals surface area (Å²) >= 11 is 1.34. The smallest absolute Gasteiger partial charge is 0.263 e. The van der Waals surface area contributed by atoms with Crippen LogP contribution in [0.25, 0.3) is 10.2 Å². The van der Waals surface area contributed by atoms with Gasteiger partial charge in [0, 0.05) is 31.8 Å². The molecule has 20 heavy (non-hydrogen) atoms. The molecule has 108 valence electrons. The highest BCUT2D eigenvalue weighted by molar-refractivity contribution is 7.21. The van der Waals surface area contributed by atoms with Crippen molar-refractivity contribution in [2.24, 2.45) is 0 Å². The van der Waals surface area contributed by atoms with Crippen LogP contribution in [-0.2, 0) is 4.74 Å². The molecule has 5 nitrogen and oxygen atoms in total. The third kappa shape index (κ3) is 3.46. The number of unbranched alkanes of at least 4 members (excludes halogenated alkanes) is 2. The number of rotatable bonds is 7. The molecule has 0 aliphatic heterocycles. The molecule has 0 unspecified atom stereocenters. The van der Waals surface area contributed by atoms with Gasteiger partial charge in [-0.3, -0.25) is 4.79 Å². The molecule has 0 aromatic carbocycles. The van der Waals surface area contributed by atoms with E-state index in [0.717, 1.165) is 36.1 Å². The summed E-state index contributed by atoms with van der Waals surface area (Å²) in [6.07, 6.45) is 4.70. The first kappa shape index (κ1) is 14.7. The van der Waals surface area contributed by atoms with Crippen LogP contribution in [0.3, 0.4) is 0 Å². The second-order valence-electron chi connectivity index (χ2n) is 4.51. The van der Waals surface area contributed by atoms with E-state index in [4.69, 9.17) is 10.5 Å². The Morgan fingerprint density at radius 3 is 3.05 bits per heavy atom. The van der Waals surface area contributed by atoms with Gasteiger partial charge in [0.1, 0.15) is 9.71 Å². The Hall–Kier alpha value is -1.66. The molecule has 6 heteroatoms. The normalized spacial score (nSPS) is 10.8. The fourth-order valence-electron chi connectivity index (χ4n) is 1.95. The van der Waals surface area contributed by atoms with E-state index in [-0.39, 0.29) is 5.91 Å². The van der Waals surface area contributed by atoms with Crippen molar-refractivity contribution >= 4 is 33.1 Å². The highest BCUT2D eigenvalue weighted by Crippen LogP contribution is 2.31. The number of nitrogens with zero attached hydrogens (tertiary/aromatic N) is 1. The van der Waals surface area contributed by atoms with Gasteiger partial charge in [0.05, 0.1) is 5.69 Å². The van der Waals surface area contributed by atoms with Crippen LogP contribution in [-0.4, -0.2) is 31.2 Å². The largest absolute Gasteiger partial charge is 0.397 e. The molecule has 2 aromatic heterocycles. The highest BCUT2D eigenvalue weighted by atomic mass is 32.1. The van der Waals surface area contributed by atoms with E-state index < -0.39 is 0 Å². The van der Waals surface area contributed by atoms with Crippen LogP contribution in [0.2, 0.25) is 0 Å². The monoisotopic (exact) mass is 293 g/mol. The Kier molecular flexibility index (Phi) is 5.31. The molecule has 0 aliphatic carbocycles. The van der Waals surface area contributed by atoms with Gasteiger partial charge in [0.2, 0.25) is 0 Å². The lowest BCUT2D eigenvalue weighted by atomic mass is 10.2. The summed E-state index contributed by atoms with van der Waals surface area (Å²) in [5.41, 5.74) is 6.53. The van der Waals surface area contributed by atoms with Gasteiger partial charge in [-0.1, -0.05) is 0 Å². The molecule has 0 aliphatic rings. The van der Waals surface area contributed by atoms with E-state index in [1.807, 2.05) is 12.1 Å². The number of aromatic nitrogens is 1. The van der Waals surface area contributed by atoms with Crippen molar-refractivity contribution in [3.63, 3.8) is 0 Å². The number of hydrogen-bond acceptors (Lipinski definition) is 5. The SMILES string of the molecule is COCCCCCNC(=O)c1sc2ncccc2c1N. The third-order valence-electron chi connectivity index (χ3n) is 3.02. The summed E-state index contributed by atoms with van der Waals surface area (Å²) in [5.74, 6) is -0.114. The minimum atomic E-state index is -0.114. The standard InChI is InChI=1S/C14H19N3O2S/c1-19-9-4-2-3-7-16-13(18)12-11(15)10-6-5-8-17-14(10)20-12/h5-6,8H,2-4,7,9,15H2,1H3,(H,16,18). The Morgan fingerprint density at radius 2 is 2.30 bits per heavy atom. The number of fused-ring (bicyclic) bond motifs is 1. The van der Waals surface area contributed by atoms with Gasteiger partial charge >= 0.3 is 0 Å².